The molecule has 0 aliphatic rings. The predicted octanol–water partition coefficient (Wildman–Crippen LogP) is 4.84. The van der Waals surface area contributed by atoms with Crippen molar-refractivity contribution in [1.29, 1.82) is 0 Å². The van der Waals surface area contributed by atoms with Gasteiger partial charge in [-0.2, -0.15) is 0 Å². The van der Waals surface area contributed by atoms with Crippen molar-refractivity contribution < 1.29 is 13.9 Å². The van der Waals surface area contributed by atoms with Gasteiger partial charge < -0.3 is 9.47 Å². The summed E-state index contributed by atoms with van der Waals surface area (Å²) in [5.74, 6) is 0.475. The fourth-order valence-electron chi connectivity index (χ4n) is 3.48. The zero-order valence-electron chi connectivity index (χ0n) is 16.8. The average molecular weight is 467 g/mol. The summed E-state index contributed by atoms with van der Waals surface area (Å²) in [6.45, 7) is -0.0369. The van der Waals surface area contributed by atoms with Crippen LogP contribution < -0.4 is 19.6 Å². The van der Waals surface area contributed by atoms with Crippen molar-refractivity contribution in [1.82, 2.24) is 9.38 Å². The van der Waals surface area contributed by atoms with Gasteiger partial charge in [0.15, 0.2) is 16.5 Å². The van der Waals surface area contributed by atoms with Crippen LogP contribution in [0.15, 0.2) is 65.5 Å². The molecule has 3 aromatic carbocycles. The van der Waals surface area contributed by atoms with E-state index in [1.807, 2.05) is 24.3 Å². The van der Waals surface area contributed by atoms with Crippen molar-refractivity contribution in [2.24, 2.45) is 0 Å². The first-order valence-corrected chi connectivity index (χ1v) is 10.9. The molecule has 160 valence electrons. The molecule has 0 saturated heterocycles. The van der Waals surface area contributed by atoms with Gasteiger partial charge in [-0.1, -0.05) is 47.2 Å². The molecule has 0 aliphatic carbocycles. The van der Waals surface area contributed by atoms with Gasteiger partial charge in [0, 0.05) is 5.56 Å². The minimum atomic E-state index is -0.431. The molecule has 5 aromatic rings. The number of halogens is 2. The second-order valence-electron chi connectivity index (χ2n) is 7.03. The Balaban J connectivity index is 1.48. The summed E-state index contributed by atoms with van der Waals surface area (Å²) in [5.41, 5.74) is 2.50. The molecule has 0 fully saturated rings. The summed E-state index contributed by atoms with van der Waals surface area (Å²) in [6, 6.07) is 17.3. The van der Waals surface area contributed by atoms with E-state index in [1.54, 1.807) is 40.8 Å². The van der Waals surface area contributed by atoms with Crippen molar-refractivity contribution >= 4 is 45.0 Å². The molecule has 5 nitrogen and oxygen atoms in total. The molecule has 0 N–H and O–H groups in total. The molecule has 0 atom stereocenters. The molecule has 5 rings (SSSR count). The van der Waals surface area contributed by atoms with Crippen LogP contribution in [0.5, 0.6) is 11.5 Å². The number of thiazole rings is 1. The number of nitrogens with zero attached hydrogens (tertiary/aromatic N) is 2. The average Bonchev–Trinajstić information content (AvgIpc) is 3.30. The SMILES string of the molecule is COc1cc(/C=c2\sc3nc4ccccc4n3c2=O)ccc1OCc1c(F)cccc1Cl. The van der Waals surface area contributed by atoms with Crippen LogP contribution in [0.4, 0.5) is 4.39 Å². The maximum absolute atomic E-state index is 14.0. The van der Waals surface area contributed by atoms with E-state index in [4.69, 9.17) is 21.1 Å². The lowest BCUT2D eigenvalue weighted by molar-refractivity contribution is 0.280. The summed E-state index contributed by atoms with van der Waals surface area (Å²) in [6.07, 6.45) is 1.79. The lowest BCUT2D eigenvalue weighted by atomic mass is 10.2. The monoisotopic (exact) mass is 466 g/mol. The zero-order chi connectivity index (χ0) is 22.2. The highest BCUT2D eigenvalue weighted by Gasteiger charge is 2.12. The third-order valence-corrected chi connectivity index (χ3v) is 6.39. The second kappa shape index (κ2) is 8.26. The smallest absolute Gasteiger partial charge is 0.274 e. The van der Waals surface area contributed by atoms with E-state index in [9.17, 15) is 9.18 Å². The Bertz CT molecular complexity index is 1560. The van der Waals surface area contributed by atoms with Crippen LogP contribution in [0, 0.1) is 5.82 Å². The van der Waals surface area contributed by atoms with Gasteiger partial charge in [-0.15, -0.1) is 0 Å². The van der Waals surface area contributed by atoms with Gasteiger partial charge >= 0.3 is 0 Å². The fourth-order valence-corrected chi connectivity index (χ4v) is 4.68. The van der Waals surface area contributed by atoms with Gasteiger partial charge in [0.05, 0.1) is 27.7 Å². The molecular weight excluding hydrogens is 451 g/mol. The molecule has 0 spiro atoms. The summed E-state index contributed by atoms with van der Waals surface area (Å²) < 4.78 is 27.4. The van der Waals surface area contributed by atoms with Crippen molar-refractivity contribution in [3.05, 3.63) is 97.5 Å². The van der Waals surface area contributed by atoms with E-state index in [1.165, 1.54) is 24.5 Å². The number of benzene rings is 3. The fraction of sp³-hybridized carbons (Fsp3) is 0.0833. The molecule has 2 aromatic heterocycles. The number of hydrogen-bond acceptors (Lipinski definition) is 5. The van der Waals surface area contributed by atoms with E-state index in [0.29, 0.717) is 26.0 Å². The second-order valence-corrected chi connectivity index (χ2v) is 8.45. The van der Waals surface area contributed by atoms with Gasteiger partial charge in [-0.25, -0.2) is 13.8 Å². The van der Waals surface area contributed by atoms with Gasteiger partial charge in [-0.05, 0) is 48.0 Å². The summed E-state index contributed by atoms with van der Waals surface area (Å²) in [5, 5.41) is 0.298. The Morgan fingerprint density at radius 2 is 1.97 bits per heavy atom. The zero-order valence-corrected chi connectivity index (χ0v) is 18.4. The Hall–Kier alpha value is -3.42. The molecule has 0 unspecified atom stereocenters. The van der Waals surface area contributed by atoms with Crippen LogP contribution in [0.3, 0.4) is 0 Å². The third kappa shape index (κ3) is 3.59. The number of para-hydroxylation sites is 2. The lowest BCUT2D eigenvalue weighted by Crippen LogP contribution is -2.22. The highest BCUT2D eigenvalue weighted by Crippen LogP contribution is 2.30. The van der Waals surface area contributed by atoms with Crippen molar-refractivity contribution in [2.45, 2.75) is 6.61 Å². The first kappa shape index (κ1) is 20.5. The first-order valence-electron chi connectivity index (χ1n) is 9.70. The highest BCUT2D eigenvalue weighted by atomic mass is 35.5. The van der Waals surface area contributed by atoms with Gasteiger partial charge in [-0.3, -0.25) is 4.79 Å². The van der Waals surface area contributed by atoms with Crippen LogP contribution in [-0.4, -0.2) is 16.5 Å². The predicted molar refractivity (Wildman–Crippen MR) is 124 cm³/mol. The van der Waals surface area contributed by atoms with Crippen molar-refractivity contribution in [3.63, 3.8) is 0 Å². The number of ether oxygens (including phenoxy) is 2. The number of imidazole rings is 1. The maximum Gasteiger partial charge on any atom is 0.274 e. The molecule has 8 heteroatoms. The molecule has 2 heterocycles. The molecule has 0 bridgehead atoms. The van der Waals surface area contributed by atoms with E-state index in [-0.39, 0.29) is 17.7 Å². The van der Waals surface area contributed by atoms with Crippen LogP contribution in [-0.2, 0) is 6.61 Å². The van der Waals surface area contributed by atoms with Crippen molar-refractivity contribution in [2.75, 3.05) is 7.11 Å². The van der Waals surface area contributed by atoms with Gasteiger partial charge in [0.2, 0.25) is 0 Å². The quantitative estimate of drug-likeness (QED) is 0.372. The Morgan fingerprint density at radius 1 is 1.12 bits per heavy atom. The molecule has 0 amide bonds. The normalized spacial score (nSPS) is 12.0. The first-order chi connectivity index (χ1) is 15.5. The van der Waals surface area contributed by atoms with Crippen molar-refractivity contribution in [3.8, 4) is 11.5 Å². The number of hydrogen-bond donors (Lipinski definition) is 0. The molecule has 0 saturated carbocycles. The van der Waals surface area contributed by atoms with Gasteiger partial charge in [0.25, 0.3) is 5.56 Å². The Kier molecular flexibility index (Phi) is 5.28. The minimum absolute atomic E-state index is 0.0369. The number of methoxy groups -OCH3 is 1. The molecule has 0 radical (unpaired) electrons. The number of rotatable bonds is 5. The van der Waals surface area contributed by atoms with Crippen LogP contribution in [0.1, 0.15) is 11.1 Å². The summed E-state index contributed by atoms with van der Waals surface area (Å²) in [4.78, 5) is 18.1. The largest absolute Gasteiger partial charge is 0.493 e. The maximum atomic E-state index is 14.0. The molecule has 32 heavy (non-hydrogen) atoms. The third-order valence-electron chi connectivity index (χ3n) is 5.06. The summed E-state index contributed by atoms with van der Waals surface area (Å²) >= 11 is 7.40. The molecule has 0 aliphatic heterocycles. The Morgan fingerprint density at radius 3 is 2.78 bits per heavy atom. The minimum Gasteiger partial charge on any atom is -0.493 e. The van der Waals surface area contributed by atoms with Crippen LogP contribution in [0.25, 0.3) is 22.1 Å². The van der Waals surface area contributed by atoms with E-state index in [2.05, 4.69) is 4.98 Å². The lowest BCUT2D eigenvalue weighted by Gasteiger charge is -2.12. The molecular formula is C24H16ClFN2O3S. The van der Waals surface area contributed by atoms with Crippen LogP contribution >= 0.6 is 22.9 Å². The summed E-state index contributed by atoms with van der Waals surface area (Å²) in [7, 11) is 1.52. The number of aromatic nitrogens is 2. The number of fused-ring (bicyclic) bond motifs is 3. The standard InChI is InChI=1S/C24H16ClFN2O3S/c1-30-21-11-14(9-10-20(21)31-13-15-16(25)5-4-6-17(15)26)12-22-23(29)28-19-8-3-2-7-18(19)27-24(28)32-22/h2-12H,13H2,1H3/b22-12-. The van der Waals surface area contributed by atoms with E-state index < -0.39 is 5.82 Å². The Labute approximate surface area is 190 Å². The van der Waals surface area contributed by atoms with E-state index in [0.717, 1.165) is 16.6 Å². The highest BCUT2D eigenvalue weighted by molar-refractivity contribution is 7.15. The van der Waals surface area contributed by atoms with Crippen LogP contribution in [0.2, 0.25) is 5.02 Å². The topological polar surface area (TPSA) is 52.8 Å². The van der Waals surface area contributed by atoms with Gasteiger partial charge in [0.1, 0.15) is 12.4 Å². The van der Waals surface area contributed by atoms with E-state index >= 15 is 0 Å².